The molecular formula is C24H27N3O4. The van der Waals surface area contributed by atoms with E-state index in [0.29, 0.717) is 43.6 Å². The molecule has 1 aliphatic rings. The Morgan fingerprint density at radius 2 is 1.81 bits per heavy atom. The summed E-state index contributed by atoms with van der Waals surface area (Å²) in [5, 5.41) is 4.14. The van der Waals surface area contributed by atoms with Crippen LogP contribution in [0, 0.1) is 5.92 Å². The molecule has 1 aromatic heterocycles. The number of carbonyl (C=O) groups is 1. The fourth-order valence-corrected chi connectivity index (χ4v) is 3.57. The largest absolute Gasteiger partial charge is 0.497 e. The van der Waals surface area contributed by atoms with E-state index in [1.165, 1.54) is 0 Å². The van der Waals surface area contributed by atoms with Gasteiger partial charge in [0.15, 0.2) is 0 Å². The molecule has 7 heteroatoms. The number of likely N-dealkylation sites (tertiary alicyclic amines) is 1. The number of benzene rings is 2. The number of ether oxygens (including phenoxy) is 2. The monoisotopic (exact) mass is 421 g/mol. The predicted octanol–water partition coefficient (Wildman–Crippen LogP) is 4.64. The van der Waals surface area contributed by atoms with E-state index in [1.807, 2.05) is 53.4 Å². The lowest BCUT2D eigenvalue weighted by atomic mass is 10.1. The number of hydrogen-bond donors (Lipinski definition) is 0. The summed E-state index contributed by atoms with van der Waals surface area (Å²) in [7, 11) is 1.63. The number of methoxy groups -OCH3 is 1. The maximum atomic E-state index is 12.5. The predicted molar refractivity (Wildman–Crippen MR) is 116 cm³/mol. The van der Waals surface area contributed by atoms with Crippen LogP contribution in [-0.2, 0) is 11.3 Å². The van der Waals surface area contributed by atoms with Crippen LogP contribution < -0.4 is 9.47 Å². The van der Waals surface area contributed by atoms with E-state index >= 15 is 0 Å². The third kappa shape index (κ3) is 4.87. The highest BCUT2D eigenvalue weighted by molar-refractivity contribution is 5.78. The Kier molecular flexibility index (Phi) is 6.21. The van der Waals surface area contributed by atoms with Gasteiger partial charge in [-0.1, -0.05) is 31.1 Å². The molecule has 1 amide bonds. The zero-order valence-electron chi connectivity index (χ0n) is 18.1. The van der Waals surface area contributed by atoms with Crippen molar-refractivity contribution in [1.29, 1.82) is 0 Å². The standard InChI is InChI=1S/C24H27N3O4/c1-16(2)15-30-20-10-6-18(7-11-20)23-25-24(31-26-23)21-12-13-22(28)27(21)14-17-4-8-19(29-3)9-5-17/h4-11,16,21H,12-15H2,1-3H3. The number of rotatable bonds is 8. The molecule has 2 heterocycles. The maximum absolute atomic E-state index is 12.5. The summed E-state index contributed by atoms with van der Waals surface area (Å²) < 4.78 is 16.5. The van der Waals surface area contributed by atoms with Crippen LogP contribution >= 0.6 is 0 Å². The van der Waals surface area contributed by atoms with Crippen molar-refractivity contribution >= 4 is 5.91 Å². The topological polar surface area (TPSA) is 77.7 Å². The van der Waals surface area contributed by atoms with Gasteiger partial charge in [-0.2, -0.15) is 4.98 Å². The Hall–Kier alpha value is -3.35. The smallest absolute Gasteiger partial charge is 0.249 e. The lowest BCUT2D eigenvalue weighted by Crippen LogP contribution is -2.27. The van der Waals surface area contributed by atoms with Gasteiger partial charge in [-0.05, 0) is 54.3 Å². The maximum Gasteiger partial charge on any atom is 0.249 e. The zero-order valence-corrected chi connectivity index (χ0v) is 18.1. The molecule has 1 fully saturated rings. The van der Waals surface area contributed by atoms with Crippen LogP contribution in [0.4, 0.5) is 0 Å². The minimum Gasteiger partial charge on any atom is -0.497 e. The van der Waals surface area contributed by atoms with Crippen molar-refractivity contribution in [3.8, 4) is 22.9 Å². The number of aromatic nitrogens is 2. The number of hydrogen-bond acceptors (Lipinski definition) is 6. The van der Waals surface area contributed by atoms with Crippen molar-refractivity contribution in [3.05, 3.63) is 60.0 Å². The first-order valence-corrected chi connectivity index (χ1v) is 10.5. The lowest BCUT2D eigenvalue weighted by Gasteiger charge is -2.22. The molecule has 4 rings (SSSR count). The molecule has 0 spiro atoms. The van der Waals surface area contributed by atoms with Gasteiger partial charge in [0.05, 0.1) is 13.7 Å². The summed E-state index contributed by atoms with van der Waals surface area (Å²) in [6.07, 6.45) is 1.14. The first-order chi connectivity index (χ1) is 15.0. The van der Waals surface area contributed by atoms with Crippen molar-refractivity contribution in [2.24, 2.45) is 5.92 Å². The average Bonchev–Trinajstić information content (AvgIpc) is 3.40. The highest BCUT2D eigenvalue weighted by Gasteiger charge is 2.36. The van der Waals surface area contributed by atoms with E-state index in [2.05, 4.69) is 24.0 Å². The van der Waals surface area contributed by atoms with Crippen LogP contribution in [0.15, 0.2) is 53.1 Å². The van der Waals surface area contributed by atoms with Crippen LogP contribution in [-0.4, -0.2) is 34.7 Å². The van der Waals surface area contributed by atoms with E-state index in [1.54, 1.807) is 7.11 Å². The van der Waals surface area contributed by atoms with Gasteiger partial charge in [0, 0.05) is 18.5 Å². The van der Waals surface area contributed by atoms with Crippen LogP contribution in [0.3, 0.4) is 0 Å². The molecule has 3 aromatic rings. The molecule has 7 nitrogen and oxygen atoms in total. The molecule has 0 N–H and O–H groups in total. The molecule has 1 aliphatic heterocycles. The van der Waals surface area contributed by atoms with Crippen molar-refractivity contribution in [3.63, 3.8) is 0 Å². The second-order valence-corrected chi connectivity index (χ2v) is 8.11. The third-order valence-electron chi connectivity index (χ3n) is 5.26. The summed E-state index contributed by atoms with van der Waals surface area (Å²) in [6, 6.07) is 15.1. The summed E-state index contributed by atoms with van der Waals surface area (Å²) in [5.74, 6) is 3.13. The summed E-state index contributed by atoms with van der Waals surface area (Å²) in [6.45, 7) is 5.39. The van der Waals surface area contributed by atoms with Crippen molar-refractivity contribution in [2.45, 2.75) is 39.3 Å². The highest BCUT2D eigenvalue weighted by atomic mass is 16.5. The van der Waals surface area contributed by atoms with E-state index in [-0.39, 0.29) is 11.9 Å². The molecule has 0 aliphatic carbocycles. The van der Waals surface area contributed by atoms with Gasteiger partial charge in [-0.15, -0.1) is 0 Å². The van der Waals surface area contributed by atoms with Gasteiger partial charge < -0.3 is 18.9 Å². The van der Waals surface area contributed by atoms with Gasteiger partial charge >= 0.3 is 0 Å². The Morgan fingerprint density at radius 3 is 2.48 bits per heavy atom. The quantitative estimate of drug-likeness (QED) is 0.527. The van der Waals surface area contributed by atoms with E-state index in [0.717, 1.165) is 22.6 Å². The number of carbonyl (C=O) groups excluding carboxylic acids is 1. The first-order valence-electron chi connectivity index (χ1n) is 10.5. The number of amides is 1. The third-order valence-corrected chi connectivity index (χ3v) is 5.26. The molecule has 162 valence electrons. The molecule has 2 aromatic carbocycles. The second kappa shape index (κ2) is 9.20. The number of nitrogens with zero attached hydrogens (tertiary/aromatic N) is 3. The fraction of sp³-hybridized carbons (Fsp3) is 0.375. The normalized spacial score (nSPS) is 16.2. The average molecular weight is 421 g/mol. The van der Waals surface area contributed by atoms with E-state index < -0.39 is 0 Å². The Morgan fingerprint density at radius 1 is 1.10 bits per heavy atom. The second-order valence-electron chi connectivity index (χ2n) is 8.11. The fourth-order valence-electron chi connectivity index (χ4n) is 3.57. The molecule has 1 saturated heterocycles. The molecule has 31 heavy (non-hydrogen) atoms. The molecule has 0 bridgehead atoms. The SMILES string of the molecule is COc1ccc(CN2C(=O)CCC2c2nc(-c3ccc(OCC(C)C)cc3)no2)cc1. The molecule has 1 unspecified atom stereocenters. The summed E-state index contributed by atoms with van der Waals surface area (Å²) in [4.78, 5) is 18.9. The molecule has 0 saturated carbocycles. The van der Waals surface area contributed by atoms with Crippen molar-refractivity contribution in [2.75, 3.05) is 13.7 Å². The van der Waals surface area contributed by atoms with Gasteiger partial charge in [-0.3, -0.25) is 4.79 Å². The minimum atomic E-state index is -0.218. The first kappa shape index (κ1) is 20.9. The Labute approximate surface area is 182 Å². The van der Waals surface area contributed by atoms with E-state index in [4.69, 9.17) is 14.0 Å². The van der Waals surface area contributed by atoms with Crippen LogP contribution in [0.5, 0.6) is 11.5 Å². The van der Waals surface area contributed by atoms with Gasteiger partial charge in [0.1, 0.15) is 17.5 Å². The van der Waals surface area contributed by atoms with Crippen molar-refractivity contribution < 1.29 is 18.8 Å². The van der Waals surface area contributed by atoms with Crippen LogP contribution in [0.25, 0.3) is 11.4 Å². The van der Waals surface area contributed by atoms with Crippen LogP contribution in [0.2, 0.25) is 0 Å². The Bertz CT molecular complexity index is 1010. The molecule has 0 radical (unpaired) electrons. The Balaban J connectivity index is 1.47. The van der Waals surface area contributed by atoms with Crippen molar-refractivity contribution in [1.82, 2.24) is 15.0 Å². The molecular weight excluding hydrogens is 394 g/mol. The van der Waals surface area contributed by atoms with Gasteiger partial charge in [0.2, 0.25) is 17.6 Å². The summed E-state index contributed by atoms with van der Waals surface area (Å²) in [5.41, 5.74) is 1.87. The van der Waals surface area contributed by atoms with E-state index in [9.17, 15) is 4.79 Å². The summed E-state index contributed by atoms with van der Waals surface area (Å²) >= 11 is 0. The highest BCUT2D eigenvalue weighted by Crippen LogP contribution is 2.34. The lowest BCUT2D eigenvalue weighted by molar-refractivity contribution is -0.129. The minimum absolute atomic E-state index is 0.0900. The van der Waals surface area contributed by atoms with Crippen LogP contribution in [0.1, 0.15) is 44.2 Å². The molecule has 1 atom stereocenters. The van der Waals surface area contributed by atoms with Gasteiger partial charge in [0.25, 0.3) is 0 Å². The zero-order chi connectivity index (χ0) is 21.8. The van der Waals surface area contributed by atoms with Gasteiger partial charge in [-0.25, -0.2) is 0 Å².